The second-order valence-electron chi connectivity index (χ2n) is 5.85. The minimum atomic E-state index is -0.313. The number of ether oxygens (including phenoxy) is 2. The Kier molecular flexibility index (Phi) is 13.6. The molecular formula is C18H32N2O4. The molecule has 0 unspecified atom stereocenters. The van der Waals surface area contributed by atoms with Crippen molar-refractivity contribution in [3.05, 3.63) is 24.4 Å². The number of nitrogens with zero attached hydrogens (tertiary/aromatic N) is 2. The van der Waals surface area contributed by atoms with Gasteiger partial charge in [0, 0.05) is 38.5 Å². The molecule has 138 valence electrons. The van der Waals surface area contributed by atoms with Gasteiger partial charge in [-0.2, -0.15) is 0 Å². The van der Waals surface area contributed by atoms with E-state index in [-0.39, 0.29) is 11.9 Å². The average molecular weight is 340 g/mol. The predicted octanol–water partition coefficient (Wildman–Crippen LogP) is 2.22. The van der Waals surface area contributed by atoms with E-state index in [0.717, 1.165) is 38.8 Å². The molecule has 6 nitrogen and oxygen atoms in total. The van der Waals surface area contributed by atoms with Gasteiger partial charge in [-0.25, -0.2) is 9.59 Å². The number of rotatable bonds is 13. The molecule has 0 aromatic rings. The third kappa shape index (κ3) is 15.1. The summed E-state index contributed by atoms with van der Waals surface area (Å²) in [7, 11) is 5.95. The summed E-state index contributed by atoms with van der Waals surface area (Å²) >= 11 is 0. The Balaban J connectivity index is 3.53. The van der Waals surface area contributed by atoms with Gasteiger partial charge < -0.3 is 19.3 Å². The molecule has 0 saturated heterocycles. The van der Waals surface area contributed by atoms with Gasteiger partial charge in [0.25, 0.3) is 0 Å². The number of likely N-dealkylation sites (N-methyl/N-ethyl adjacent to an activating group) is 2. The van der Waals surface area contributed by atoms with E-state index in [1.54, 1.807) is 19.2 Å². The highest BCUT2D eigenvalue weighted by Gasteiger charge is 2.00. The van der Waals surface area contributed by atoms with Crippen LogP contribution in [0.1, 0.15) is 32.6 Å². The second-order valence-corrected chi connectivity index (χ2v) is 5.85. The summed E-state index contributed by atoms with van der Waals surface area (Å²) in [5, 5.41) is 0. The van der Waals surface area contributed by atoms with Crippen molar-refractivity contribution in [2.24, 2.45) is 0 Å². The molecule has 0 aromatic carbocycles. The van der Waals surface area contributed by atoms with Crippen molar-refractivity contribution in [2.45, 2.75) is 32.6 Å². The van der Waals surface area contributed by atoms with Gasteiger partial charge in [0.1, 0.15) is 0 Å². The van der Waals surface area contributed by atoms with Crippen molar-refractivity contribution >= 4 is 11.9 Å². The van der Waals surface area contributed by atoms with Crippen molar-refractivity contribution in [1.82, 2.24) is 9.80 Å². The highest BCUT2D eigenvalue weighted by Crippen LogP contribution is 2.01. The average Bonchev–Trinajstić information content (AvgIpc) is 2.53. The highest BCUT2D eigenvalue weighted by atomic mass is 16.5. The molecular weight excluding hydrogens is 308 g/mol. The molecule has 0 aromatic heterocycles. The number of carbonyl (C=O) groups excluding carboxylic acids is 2. The lowest BCUT2D eigenvalue weighted by Gasteiger charge is -2.16. The lowest BCUT2D eigenvalue weighted by molar-refractivity contribution is -0.139. The quantitative estimate of drug-likeness (QED) is 0.291. The molecule has 24 heavy (non-hydrogen) atoms. The third-order valence-electron chi connectivity index (χ3n) is 3.20. The van der Waals surface area contributed by atoms with Crippen LogP contribution in [-0.4, -0.2) is 69.2 Å². The van der Waals surface area contributed by atoms with Crippen LogP contribution in [0.2, 0.25) is 0 Å². The van der Waals surface area contributed by atoms with Crippen molar-refractivity contribution in [3.8, 4) is 0 Å². The van der Waals surface area contributed by atoms with E-state index in [0.29, 0.717) is 13.2 Å². The summed E-state index contributed by atoms with van der Waals surface area (Å²) in [4.78, 5) is 26.6. The Morgan fingerprint density at radius 3 is 1.88 bits per heavy atom. The predicted molar refractivity (Wildman–Crippen MR) is 95.5 cm³/mol. The minimum absolute atomic E-state index is 0.297. The first kappa shape index (κ1) is 22.2. The lowest BCUT2D eigenvalue weighted by Crippen LogP contribution is -2.25. The molecule has 0 saturated carbocycles. The van der Waals surface area contributed by atoms with Crippen molar-refractivity contribution in [3.63, 3.8) is 0 Å². The molecule has 0 aliphatic rings. The first-order valence-electron chi connectivity index (χ1n) is 8.45. The highest BCUT2D eigenvalue weighted by molar-refractivity contribution is 5.82. The molecule has 0 aliphatic heterocycles. The van der Waals surface area contributed by atoms with E-state index in [2.05, 4.69) is 4.90 Å². The fourth-order valence-electron chi connectivity index (χ4n) is 1.76. The first-order chi connectivity index (χ1) is 11.5. The number of hydrogen-bond donors (Lipinski definition) is 0. The second kappa shape index (κ2) is 14.8. The van der Waals surface area contributed by atoms with Crippen LogP contribution in [0.3, 0.4) is 0 Å². The van der Waals surface area contributed by atoms with Crippen LogP contribution in [-0.2, 0) is 19.1 Å². The maximum atomic E-state index is 11.5. The van der Waals surface area contributed by atoms with Gasteiger partial charge in [0.05, 0.1) is 13.2 Å². The molecule has 0 radical (unpaired) electrons. The molecule has 0 spiro atoms. The first-order valence-corrected chi connectivity index (χ1v) is 8.45. The molecule has 0 rings (SSSR count). The summed E-state index contributed by atoms with van der Waals surface area (Å²) in [5.41, 5.74) is 0. The van der Waals surface area contributed by atoms with E-state index >= 15 is 0 Å². The topological polar surface area (TPSA) is 59.1 Å². The number of hydrogen-bond acceptors (Lipinski definition) is 6. The number of esters is 2. The van der Waals surface area contributed by atoms with Crippen LogP contribution in [0.5, 0.6) is 0 Å². The summed E-state index contributed by atoms with van der Waals surface area (Å²) in [6, 6.07) is 0. The van der Waals surface area contributed by atoms with Gasteiger partial charge >= 0.3 is 11.9 Å². The molecule has 0 amide bonds. The zero-order valence-electron chi connectivity index (χ0n) is 15.5. The zero-order chi connectivity index (χ0) is 18.2. The summed E-state index contributed by atoms with van der Waals surface area (Å²) in [5.74, 6) is -0.610. The lowest BCUT2D eigenvalue weighted by atomic mass is 10.2. The summed E-state index contributed by atoms with van der Waals surface area (Å²) < 4.78 is 10.1. The fourth-order valence-corrected chi connectivity index (χ4v) is 1.76. The number of carbonyl (C=O) groups is 2. The van der Waals surface area contributed by atoms with Gasteiger partial charge in [0.2, 0.25) is 0 Å². The van der Waals surface area contributed by atoms with Crippen LogP contribution in [0.25, 0.3) is 0 Å². The summed E-state index contributed by atoms with van der Waals surface area (Å²) in [6.45, 7) is 4.42. The van der Waals surface area contributed by atoms with Gasteiger partial charge in [-0.1, -0.05) is 6.08 Å². The Morgan fingerprint density at radius 2 is 1.38 bits per heavy atom. The number of unbranched alkanes of at least 4 members (excludes halogenated alkanes) is 3. The third-order valence-corrected chi connectivity index (χ3v) is 3.20. The van der Waals surface area contributed by atoms with Gasteiger partial charge in [-0.3, -0.25) is 0 Å². The van der Waals surface area contributed by atoms with Crippen LogP contribution in [0, 0.1) is 0 Å². The van der Waals surface area contributed by atoms with E-state index < -0.39 is 0 Å². The fraction of sp³-hybridized carbons (Fsp3) is 0.667. The molecule has 6 heteroatoms. The van der Waals surface area contributed by atoms with Crippen LogP contribution in [0.15, 0.2) is 24.4 Å². The van der Waals surface area contributed by atoms with Crippen LogP contribution >= 0.6 is 0 Å². The smallest absolute Gasteiger partial charge is 0.332 e. The Hall–Kier alpha value is -1.82. The van der Waals surface area contributed by atoms with Crippen LogP contribution in [0.4, 0.5) is 0 Å². The van der Waals surface area contributed by atoms with Gasteiger partial charge in [-0.05, 0) is 46.7 Å². The molecule has 0 heterocycles. The van der Waals surface area contributed by atoms with E-state index in [1.807, 2.05) is 26.0 Å². The van der Waals surface area contributed by atoms with E-state index in [4.69, 9.17) is 9.47 Å². The monoisotopic (exact) mass is 340 g/mol. The van der Waals surface area contributed by atoms with Gasteiger partial charge in [-0.15, -0.1) is 0 Å². The Labute approximate surface area is 146 Å². The van der Waals surface area contributed by atoms with E-state index in [9.17, 15) is 9.59 Å². The standard InChI is InChI=1S/C18H32N2O4/c1-5-10-17(21)23-15-8-6-7-9-16-24-18(22)11-12-20(4)14-13-19(2)3/h5,10-12H,6-9,13-16H2,1-4H3/b10-5+,12-11+. The van der Waals surface area contributed by atoms with Gasteiger partial charge in [0.15, 0.2) is 0 Å². The Bertz CT molecular complexity index is 406. The maximum absolute atomic E-state index is 11.5. The van der Waals surface area contributed by atoms with Crippen molar-refractivity contribution in [1.29, 1.82) is 0 Å². The number of allylic oxidation sites excluding steroid dienone is 1. The van der Waals surface area contributed by atoms with E-state index in [1.165, 1.54) is 12.2 Å². The molecule has 0 atom stereocenters. The zero-order valence-corrected chi connectivity index (χ0v) is 15.5. The molecule has 0 bridgehead atoms. The largest absolute Gasteiger partial charge is 0.463 e. The normalized spacial score (nSPS) is 11.4. The maximum Gasteiger partial charge on any atom is 0.332 e. The van der Waals surface area contributed by atoms with Crippen LogP contribution < -0.4 is 0 Å². The Morgan fingerprint density at radius 1 is 0.833 bits per heavy atom. The molecule has 0 N–H and O–H groups in total. The van der Waals surface area contributed by atoms with Crippen molar-refractivity contribution < 1.29 is 19.1 Å². The SMILES string of the molecule is C/C=C/C(=O)OCCCCCCOC(=O)/C=C/N(C)CCN(C)C. The molecule has 0 aliphatic carbocycles. The molecule has 0 fully saturated rings. The summed E-state index contributed by atoms with van der Waals surface area (Å²) in [6.07, 6.45) is 9.80. The minimum Gasteiger partial charge on any atom is -0.463 e. The van der Waals surface area contributed by atoms with Crippen molar-refractivity contribution in [2.75, 3.05) is 47.4 Å².